The normalized spacial score (nSPS) is 21.3. The van der Waals surface area contributed by atoms with Gasteiger partial charge in [-0.1, -0.05) is 17.1 Å². The summed E-state index contributed by atoms with van der Waals surface area (Å²) in [7, 11) is 1.66. The second kappa shape index (κ2) is 6.75. The molecule has 3 aliphatic rings. The first kappa shape index (κ1) is 19.0. The number of amides is 3. The number of imide groups is 1. The lowest BCUT2D eigenvalue weighted by Crippen LogP contribution is -2.63. The fourth-order valence-electron chi connectivity index (χ4n) is 4.98. The first-order valence-corrected chi connectivity index (χ1v) is 10.4. The van der Waals surface area contributed by atoms with Gasteiger partial charge in [0.15, 0.2) is 0 Å². The van der Waals surface area contributed by atoms with Crippen LogP contribution in [-0.4, -0.2) is 39.2 Å². The lowest BCUT2D eigenvalue weighted by Gasteiger charge is -2.33. The van der Waals surface area contributed by atoms with Gasteiger partial charge < -0.3 is 0 Å². The molecule has 0 radical (unpaired) electrons. The molecule has 0 N–H and O–H groups in total. The largest absolute Gasteiger partial charge is 0.402 e. The maximum absolute atomic E-state index is 13.5. The van der Waals surface area contributed by atoms with Gasteiger partial charge in [0.05, 0.1) is 12.6 Å². The van der Waals surface area contributed by atoms with Crippen LogP contribution in [0.5, 0.6) is 0 Å². The molecule has 1 saturated carbocycles. The van der Waals surface area contributed by atoms with Gasteiger partial charge in [0.25, 0.3) is 5.91 Å². The topological polar surface area (TPSA) is 61.8 Å². The number of amidine groups is 1. The van der Waals surface area contributed by atoms with Gasteiger partial charge in [-0.25, -0.2) is 18.3 Å². The monoisotopic (exact) mass is 410 g/mol. The Balaban J connectivity index is 1.55. The van der Waals surface area contributed by atoms with E-state index in [-0.39, 0.29) is 18.3 Å². The van der Waals surface area contributed by atoms with Gasteiger partial charge in [0.1, 0.15) is 17.2 Å². The molecule has 7 nitrogen and oxygen atoms in total. The van der Waals surface area contributed by atoms with E-state index in [9.17, 15) is 14.0 Å². The van der Waals surface area contributed by atoms with E-state index in [0.717, 1.165) is 30.2 Å². The second-order valence-electron chi connectivity index (χ2n) is 8.41. The molecule has 0 bridgehead atoms. The van der Waals surface area contributed by atoms with Gasteiger partial charge in [-0.05, 0) is 57.2 Å². The number of urea groups is 1. The first-order valence-electron chi connectivity index (χ1n) is 10.4. The van der Waals surface area contributed by atoms with E-state index in [1.165, 1.54) is 34.8 Å². The number of nitrogens with zero attached hydrogens (tertiary/aromatic N) is 5. The molecule has 2 aliphatic heterocycles. The molecule has 3 amide bonds. The van der Waals surface area contributed by atoms with E-state index in [4.69, 9.17) is 4.99 Å². The average Bonchev–Trinajstić information content (AvgIpc) is 3.43. The number of likely N-dealkylation sites (N-methyl/N-ethyl adjacent to an activating group) is 1. The zero-order valence-corrected chi connectivity index (χ0v) is 17.4. The first-order chi connectivity index (χ1) is 14.4. The second-order valence-corrected chi connectivity index (χ2v) is 8.41. The molecule has 1 aromatic heterocycles. The number of benzene rings is 1. The van der Waals surface area contributed by atoms with Crippen molar-refractivity contribution in [3.63, 3.8) is 0 Å². The van der Waals surface area contributed by atoms with Crippen molar-refractivity contribution >= 4 is 23.7 Å². The highest BCUT2D eigenvalue weighted by Crippen LogP contribution is 2.38. The van der Waals surface area contributed by atoms with Gasteiger partial charge in [0.2, 0.25) is 11.9 Å². The molecule has 2 aromatic rings. The Morgan fingerprint density at radius 1 is 1.13 bits per heavy atom. The molecule has 1 atom stereocenters. The minimum absolute atomic E-state index is 0.101. The van der Waals surface area contributed by atoms with Crippen molar-refractivity contribution in [2.24, 2.45) is 4.99 Å². The van der Waals surface area contributed by atoms with Crippen LogP contribution in [0.1, 0.15) is 54.7 Å². The van der Waals surface area contributed by atoms with Gasteiger partial charge in [-0.15, -0.1) is 0 Å². The summed E-state index contributed by atoms with van der Waals surface area (Å²) in [6, 6.07) is 5.19. The molecular weight excluding hydrogens is 385 g/mol. The molecular formula is C22H25FN5O2+. The van der Waals surface area contributed by atoms with Gasteiger partial charge in [-0.2, -0.15) is 0 Å². The highest BCUT2D eigenvalue weighted by Gasteiger charge is 2.54. The number of aromatic nitrogens is 2. The van der Waals surface area contributed by atoms with Gasteiger partial charge in [0, 0.05) is 7.05 Å². The highest BCUT2D eigenvalue weighted by molar-refractivity contribution is 6.19. The fourth-order valence-corrected chi connectivity index (χ4v) is 4.98. The van der Waals surface area contributed by atoms with E-state index in [0.29, 0.717) is 17.4 Å². The van der Waals surface area contributed by atoms with Crippen LogP contribution in [0.15, 0.2) is 29.3 Å². The zero-order valence-electron chi connectivity index (χ0n) is 17.4. The summed E-state index contributed by atoms with van der Waals surface area (Å²) in [6.45, 7) is 4.19. The third kappa shape index (κ3) is 2.62. The summed E-state index contributed by atoms with van der Waals surface area (Å²) in [5.74, 6) is 0.590. The number of carbonyl (C=O) groups is 2. The smallest absolute Gasteiger partial charge is 0.270 e. The maximum atomic E-state index is 13.5. The maximum Gasteiger partial charge on any atom is 0.402 e. The van der Waals surface area contributed by atoms with Crippen LogP contribution in [0, 0.1) is 19.7 Å². The van der Waals surface area contributed by atoms with Crippen LogP contribution in [0.2, 0.25) is 0 Å². The quantitative estimate of drug-likeness (QED) is 0.729. The van der Waals surface area contributed by atoms with Crippen molar-refractivity contribution in [1.29, 1.82) is 0 Å². The van der Waals surface area contributed by atoms with Crippen LogP contribution in [0.25, 0.3) is 0 Å². The van der Waals surface area contributed by atoms with E-state index in [1.54, 1.807) is 19.2 Å². The Kier molecular flexibility index (Phi) is 4.27. The summed E-state index contributed by atoms with van der Waals surface area (Å²) in [6.07, 6.45) is 4.61. The van der Waals surface area contributed by atoms with Crippen LogP contribution in [0.3, 0.4) is 0 Å². The molecule has 156 valence electrons. The van der Waals surface area contributed by atoms with Crippen LogP contribution >= 0.6 is 0 Å². The molecule has 1 aromatic carbocycles. The number of imidazole rings is 1. The summed E-state index contributed by atoms with van der Waals surface area (Å²) in [5.41, 5.74) is 2.82. The number of carbonyl (C=O) groups excluding carboxylic acids is 2. The third-order valence-electron chi connectivity index (χ3n) is 6.70. The third-order valence-corrected chi connectivity index (χ3v) is 6.70. The molecule has 0 spiro atoms. The van der Waals surface area contributed by atoms with Crippen molar-refractivity contribution in [2.75, 3.05) is 7.05 Å². The Morgan fingerprint density at radius 3 is 2.47 bits per heavy atom. The molecule has 1 saturated heterocycles. The van der Waals surface area contributed by atoms with Crippen molar-refractivity contribution in [2.45, 2.75) is 58.2 Å². The fraction of sp³-hybridized carbons (Fsp3) is 0.455. The van der Waals surface area contributed by atoms with Gasteiger partial charge >= 0.3 is 12.0 Å². The Labute approximate surface area is 174 Å². The standard InChI is InChI=1S/C22H25FN5O2/c1-13-14(2)28-18-19(24-21(28)27(13)17-6-4-5-7-17)25(3)22(30)26(20(18)29)12-15-8-10-16(23)11-9-15/h8-11,17-18H,4-7,12H2,1-3H3/q+1. The number of aliphatic imine (C=N–C) groups is 1. The number of fused-ring (bicyclic) bond motifs is 3. The number of rotatable bonds is 3. The Bertz CT molecular complexity index is 1080. The van der Waals surface area contributed by atoms with Crippen LogP contribution in [-0.2, 0) is 11.3 Å². The Morgan fingerprint density at radius 2 is 1.80 bits per heavy atom. The van der Waals surface area contributed by atoms with E-state index in [2.05, 4.69) is 11.5 Å². The molecule has 30 heavy (non-hydrogen) atoms. The Hall–Kier alpha value is -3.03. The van der Waals surface area contributed by atoms with Crippen LogP contribution in [0.4, 0.5) is 15.1 Å². The number of hydrogen-bond acceptors (Lipinski definition) is 3. The predicted octanol–water partition coefficient (Wildman–Crippen LogP) is 3.33. The lowest BCUT2D eigenvalue weighted by atomic mass is 10.1. The molecule has 2 fully saturated rings. The van der Waals surface area contributed by atoms with E-state index >= 15 is 0 Å². The van der Waals surface area contributed by atoms with Crippen molar-refractivity contribution in [3.05, 3.63) is 47.0 Å². The zero-order chi connectivity index (χ0) is 21.2. The van der Waals surface area contributed by atoms with Gasteiger partial charge in [-0.3, -0.25) is 14.6 Å². The summed E-state index contributed by atoms with van der Waals surface area (Å²) in [4.78, 5) is 34.0. The number of halogens is 1. The summed E-state index contributed by atoms with van der Waals surface area (Å²) >= 11 is 0. The summed E-state index contributed by atoms with van der Waals surface area (Å²) in [5, 5.41) is 0. The minimum atomic E-state index is -0.649. The average molecular weight is 410 g/mol. The molecule has 5 rings (SSSR count). The van der Waals surface area contributed by atoms with Crippen LogP contribution < -0.4 is 4.57 Å². The molecule has 1 aliphatic carbocycles. The molecule has 1 unspecified atom stereocenters. The molecule has 8 heteroatoms. The summed E-state index contributed by atoms with van der Waals surface area (Å²) < 4.78 is 17.5. The van der Waals surface area contributed by atoms with E-state index < -0.39 is 12.1 Å². The minimum Gasteiger partial charge on any atom is -0.270 e. The number of hydrogen-bond donors (Lipinski definition) is 0. The molecule has 3 heterocycles. The highest BCUT2D eigenvalue weighted by atomic mass is 19.1. The van der Waals surface area contributed by atoms with E-state index in [1.807, 2.05) is 11.5 Å². The lowest BCUT2D eigenvalue weighted by molar-refractivity contribution is -0.683. The predicted molar refractivity (Wildman–Crippen MR) is 108 cm³/mol. The van der Waals surface area contributed by atoms with Crippen molar-refractivity contribution in [1.82, 2.24) is 14.4 Å². The van der Waals surface area contributed by atoms with Crippen molar-refractivity contribution in [3.8, 4) is 0 Å². The SMILES string of the molecule is Cc1c(C)[n+]2c(n1C1CCCC1)N=C1C2C(=O)N(Cc2ccc(F)cc2)C(=O)N1C. The van der Waals surface area contributed by atoms with Crippen molar-refractivity contribution < 1.29 is 18.5 Å².